The first-order valence-corrected chi connectivity index (χ1v) is 7.03. The molecule has 0 amide bonds. The molecule has 0 N–H and O–H groups in total. The number of hydrogen-bond donors (Lipinski definition) is 0. The van der Waals surface area contributed by atoms with Crippen LogP contribution >= 0.6 is 0 Å². The third-order valence-corrected chi connectivity index (χ3v) is 5.37. The van der Waals surface area contributed by atoms with Crippen LogP contribution in [0.5, 0.6) is 0 Å². The van der Waals surface area contributed by atoms with Crippen LogP contribution in [-0.2, 0) is 27.7 Å². The molecule has 1 fully saturated rings. The number of nitrogens with zero attached hydrogens (tertiary/aromatic N) is 3. The van der Waals surface area contributed by atoms with E-state index in [1.165, 1.54) is 10.6 Å². The van der Waals surface area contributed by atoms with Gasteiger partial charge < -0.3 is 4.74 Å². The first-order valence-electron chi connectivity index (χ1n) is 5.52. The van der Waals surface area contributed by atoms with Gasteiger partial charge in [-0.25, -0.2) is 18.4 Å². The van der Waals surface area contributed by atoms with Crippen molar-refractivity contribution in [2.75, 3.05) is 19.8 Å². The predicted molar refractivity (Wildman–Crippen MR) is 59.7 cm³/mol. The summed E-state index contributed by atoms with van der Waals surface area (Å²) in [4.78, 5) is 8.09. The molecule has 3 heterocycles. The Labute approximate surface area is 99.7 Å². The van der Waals surface area contributed by atoms with Crippen LogP contribution in [0.4, 0.5) is 0 Å². The molecule has 2 aliphatic heterocycles. The van der Waals surface area contributed by atoms with Crippen molar-refractivity contribution in [1.29, 1.82) is 0 Å². The molecular formula is C10H13N3O3S. The lowest BCUT2D eigenvalue weighted by atomic mass is 10.1. The van der Waals surface area contributed by atoms with Gasteiger partial charge in [0.25, 0.3) is 0 Å². The average Bonchev–Trinajstić information content (AvgIpc) is 2.25. The Morgan fingerprint density at radius 2 is 2.24 bits per heavy atom. The number of rotatable bonds is 2. The van der Waals surface area contributed by atoms with Gasteiger partial charge in [-0.2, -0.15) is 4.31 Å². The maximum atomic E-state index is 12.2. The van der Waals surface area contributed by atoms with Crippen molar-refractivity contribution in [2.24, 2.45) is 0 Å². The number of aromatic nitrogens is 2. The van der Waals surface area contributed by atoms with Crippen LogP contribution in [0, 0.1) is 0 Å². The van der Waals surface area contributed by atoms with Crippen LogP contribution in [0.3, 0.4) is 0 Å². The highest BCUT2D eigenvalue weighted by molar-refractivity contribution is 7.89. The summed E-state index contributed by atoms with van der Waals surface area (Å²) >= 11 is 0. The molecule has 0 aromatic carbocycles. The number of fused-ring (bicyclic) bond motifs is 1. The standard InChI is InChI=1S/C10H13N3O3S/c14-17(15,9-5-16-6-9)13-2-1-8-3-11-7-12-10(8)4-13/h3,7,9H,1-2,4-6H2. The molecule has 3 rings (SSSR count). The van der Waals surface area contributed by atoms with E-state index < -0.39 is 10.0 Å². The highest BCUT2D eigenvalue weighted by atomic mass is 32.2. The van der Waals surface area contributed by atoms with Crippen LogP contribution in [0.15, 0.2) is 12.5 Å². The second kappa shape index (κ2) is 4.01. The minimum atomic E-state index is -3.22. The van der Waals surface area contributed by atoms with Gasteiger partial charge in [0, 0.05) is 12.7 Å². The molecule has 1 aromatic rings. The molecule has 1 saturated heterocycles. The minimum Gasteiger partial charge on any atom is -0.378 e. The molecule has 6 nitrogen and oxygen atoms in total. The summed E-state index contributed by atoms with van der Waals surface area (Å²) in [5.41, 5.74) is 1.86. The molecule has 0 aliphatic carbocycles. The molecule has 0 bridgehead atoms. The highest BCUT2D eigenvalue weighted by Gasteiger charge is 2.38. The van der Waals surface area contributed by atoms with Crippen LogP contribution in [0.25, 0.3) is 0 Å². The van der Waals surface area contributed by atoms with Crippen LogP contribution in [0.1, 0.15) is 11.3 Å². The normalized spacial score (nSPS) is 21.9. The summed E-state index contributed by atoms with van der Waals surface area (Å²) in [6.45, 7) is 1.50. The van der Waals surface area contributed by atoms with Gasteiger partial charge >= 0.3 is 0 Å². The molecule has 7 heteroatoms. The molecule has 2 aliphatic rings. The second-order valence-electron chi connectivity index (χ2n) is 4.28. The van der Waals surface area contributed by atoms with E-state index in [1.807, 2.05) is 0 Å². The van der Waals surface area contributed by atoms with Gasteiger partial charge in [-0.3, -0.25) is 0 Å². The summed E-state index contributed by atoms with van der Waals surface area (Å²) < 4.78 is 30.8. The Balaban J connectivity index is 1.84. The maximum absolute atomic E-state index is 12.2. The lowest BCUT2D eigenvalue weighted by Crippen LogP contribution is -2.50. The van der Waals surface area contributed by atoms with Crippen LogP contribution in [-0.4, -0.2) is 47.7 Å². The molecule has 0 atom stereocenters. The zero-order valence-electron chi connectivity index (χ0n) is 9.24. The molecule has 0 saturated carbocycles. The third kappa shape index (κ3) is 1.84. The first-order chi connectivity index (χ1) is 8.18. The predicted octanol–water partition coefficient (Wildman–Crippen LogP) is -0.437. The molecule has 0 radical (unpaired) electrons. The average molecular weight is 255 g/mol. The zero-order valence-corrected chi connectivity index (χ0v) is 10.1. The van der Waals surface area contributed by atoms with E-state index in [-0.39, 0.29) is 5.25 Å². The summed E-state index contributed by atoms with van der Waals surface area (Å²) in [6.07, 6.45) is 3.91. The molecular weight excluding hydrogens is 242 g/mol. The van der Waals surface area contributed by atoms with E-state index >= 15 is 0 Å². The fourth-order valence-electron chi connectivity index (χ4n) is 2.04. The molecule has 1 aromatic heterocycles. The van der Waals surface area contributed by atoms with E-state index in [0.29, 0.717) is 32.7 Å². The largest absolute Gasteiger partial charge is 0.378 e. The van der Waals surface area contributed by atoms with Gasteiger partial charge in [0.2, 0.25) is 10.0 Å². The van der Waals surface area contributed by atoms with E-state index in [0.717, 1.165) is 11.3 Å². The topological polar surface area (TPSA) is 72.4 Å². The Morgan fingerprint density at radius 3 is 2.94 bits per heavy atom. The Bertz CT molecular complexity index is 527. The van der Waals surface area contributed by atoms with Crippen molar-refractivity contribution in [3.8, 4) is 0 Å². The van der Waals surface area contributed by atoms with Crippen LogP contribution in [0.2, 0.25) is 0 Å². The van der Waals surface area contributed by atoms with E-state index in [9.17, 15) is 8.42 Å². The molecule has 17 heavy (non-hydrogen) atoms. The number of sulfonamides is 1. The van der Waals surface area contributed by atoms with Gasteiger partial charge in [-0.05, 0) is 12.0 Å². The summed E-state index contributed by atoms with van der Waals surface area (Å²) in [6, 6.07) is 0. The maximum Gasteiger partial charge on any atom is 0.221 e. The van der Waals surface area contributed by atoms with Gasteiger partial charge in [0.15, 0.2) is 0 Å². The van der Waals surface area contributed by atoms with Crippen molar-refractivity contribution in [3.05, 3.63) is 23.8 Å². The summed E-state index contributed by atoms with van der Waals surface area (Å²) in [7, 11) is -3.22. The fourth-order valence-corrected chi connectivity index (χ4v) is 3.65. The van der Waals surface area contributed by atoms with Gasteiger partial charge in [-0.1, -0.05) is 0 Å². The SMILES string of the molecule is O=S(=O)(C1COC1)N1CCc2cncnc2C1. The summed E-state index contributed by atoms with van der Waals surface area (Å²) in [5.74, 6) is 0. The number of hydrogen-bond acceptors (Lipinski definition) is 5. The Hall–Kier alpha value is -1.05. The monoisotopic (exact) mass is 255 g/mol. The van der Waals surface area contributed by atoms with Crippen molar-refractivity contribution in [3.63, 3.8) is 0 Å². The zero-order chi connectivity index (χ0) is 11.9. The minimum absolute atomic E-state index is 0.315. The summed E-state index contributed by atoms with van der Waals surface area (Å²) in [5, 5.41) is -0.370. The lowest BCUT2D eigenvalue weighted by molar-refractivity contribution is 0.0389. The Kier molecular flexibility index (Phi) is 2.61. The molecule has 92 valence electrons. The third-order valence-electron chi connectivity index (χ3n) is 3.23. The second-order valence-corrected chi connectivity index (χ2v) is 6.50. The quantitative estimate of drug-likeness (QED) is 0.716. The van der Waals surface area contributed by atoms with Crippen molar-refractivity contribution >= 4 is 10.0 Å². The van der Waals surface area contributed by atoms with E-state index in [1.54, 1.807) is 6.20 Å². The van der Waals surface area contributed by atoms with Gasteiger partial charge in [-0.15, -0.1) is 0 Å². The lowest BCUT2D eigenvalue weighted by Gasteiger charge is -2.34. The highest BCUT2D eigenvalue weighted by Crippen LogP contribution is 2.23. The molecule has 0 spiro atoms. The number of ether oxygens (including phenoxy) is 1. The van der Waals surface area contributed by atoms with E-state index in [2.05, 4.69) is 9.97 Å². The van der Waals surface area contributed by atoms with E-state index in [4.69, 9.17) is 4.74 Å². The van der Waals surface area contributed by atoms with Gasteiger partial charge in [0.1, 0.15) is 11.6 Å². The molecule has 0 unspecified atom stereocenters. The smallest absolute Gasteiger partial charge is 0.221 e. The van der Waals surface area contributed by atoms with Gasteiger partial charge in [0.05, 0.1) is 25.5 Å². The fraction of sp³-hybridized carbons (Fsp3) is 0.600. The first kappa shape index (κ1) is 11.1. The van der Waals surface area contributed by atoms with Crippen molar-refractivity contribution in [2.45, 2.75) is 18.2 Å². The van der Waals surface area contributed by atoms with Crippen molar-refractivity contribution in [1.82, 2.24) is 14.3 Å². The van der Waals surface area contributed by atoms with Crippen LogP contribution < -0.4 is 0 Å². The Morgan fingerprint density at radius 1 is 1.41 bits per heavy atom. The van der Waals surface area contributed by atoms with Crippen molar-refractivity contribution < 1.29 is 13.2 Å².